The maximum absolute atomic E-state index is 13.8. The Morgan fingerprint density at radius 3 is 2.50 bits per heavy atom. The van der Waals surface area contributed by atoms with Crippen molar-refractivity contribution in [1.29, 1.82) is 0 Å². The fourth-order valence-electron chi connectivity index (χ4n) is 5.34. The van der Waals surface area contributed by atoms with E-state index in [2.05, 4.69) is 40.1 Å². The highest BCUT2D eigenvalue weighted by molar-refractivity contribution is 5.96. The molecule has 2 atom stereocenters. The second-order valence-corrected chi connectivity index (χ2v) is 11.0. The van der Waals surface area contributed by atoms with Crippen LogP contribution in [0.25, 0.3) is 6.08 Å². The van der Waals surface area contributed by atoms with E-state index in [1.807, 2.05) is 48.6 Å². The minimum absolute atomic E-state index is 0.203. The minimum atomic E-state index is -1.05. The molecule has 3 amide bonds. The van der Waals surface area contributed by atoms with E-state index >= 15 is 0 Å². The first-order valence-corrected chi connectivity index (χ1v) is 14.3. The number of nitrogens with zero attached hydrogens (tertiary/aromatic N) is 1. The first-order chi connectivity index (χ1) is 19.4. The average molecular weight is 548 g/mol. The van der Waals surface area contributed by atoms with Gasteiger partial charge in [0.15, 0.2) is 0 Å². The van der Waals surface area contributed by atoms with Crippen LogP contribution in [-0.2, 0) is 20.8 Å². The molecule has 1 aromatic heterocycles. The lowest BCUT2D eigenvalue weighted by Gasteiger charge is -2.33. The van der Waals surface area contributed by atoms with E-state index in [9.17, 15) is 14.4 Å². The molecule has 1 spiro atoms. The molecule has 214 valence electrons. The van der Waals surface area contributed by atoms with Gasteiger partial charge < -0.3 is 26.0 Å². The van der Waals surface area contributed by atoms with E-state index in [-0.39, 0.29) is 30.2 Å². The highest BCUT2D eigenvalue weighted by atomic mass is 16.5. The van der Waals surface area contributed by atoms with Crippen molar-refractivity contribution in [3.8, 4) is 5.75 Å². The normalized spacial score (nSPS) is 23.2. The van der Waals surface area contributed by atoms with Crippen LogP contribution in [0.1, 0.15) is 57.1 Å². The summed E-state index contributed by atoms with van der Waals surface area (Å²) in [4.78, 5) is 44.8. The van der Waals surface area contributed by atoms with E-state index in [1.54, 1.807) is 12.4 Å². The summed E-state index contributed by atoms with van der Waals surface area (Å²) in [6.45, 7) is 5.29. The second kappa shape index (κ2) is 14.1. The molecule has 1 aliphatic carbocycles. The molecule has 2 aromatic rings. The Morgan fingerprint density at radius 2 is 1.75 bits per heavy atom. The maximum Gasteiger partial charge on any atom is 0.246 e. The van der Waals surface area contributed by atoms with E-state index in [4.69, 9.17) is 4.74 Å². The van der Waals surface area contributed by atoms with Crippen molar-refractivity contribution >= 4 is 23.8 Å². The van der Waals surface area contributed by atoms with Gasteiger partial charge in [0.1, 0.15) is 23.9 Å². The molecule has 2 unspecified atom stereocenters. The van der Waals surface area contributed by atoms with Gasteiger partial charge in [-0.25, -0.2) is 0 Å². The predicted octanol–water partition coefficient (Wildman–Crippen LogP) is 2.76. The molecule has 0 radical (unpaired) electrons. The van der Waals surface area contributed by atoms with E-state index < -0.39 is 17.6 Å². The van der Waals surface area contributed by atoms with Crippen LogP contribution in [0.15, 0.2) is 54.9 Å². The summed E-state index contributed by atoms with van der Waals surface area (Å²) in [5.41, 5.74) is 0.718. The van der Waals surface area contributed by atoms with Gasteiger partial charge in [-0.1, -0.05) is 57.0 Å². The van der Waals surface area contributed by atoms with E-state index in [0.717, 1.165) is 29.7 Å². The summed E-state index contributed by atoms with van der Waals surface area (Å²) in [5.74, 6) is 0.190. The number of carbonyl (C=O) groups is 3. The third-order valence-electron chi connectivity index (χ3n) is 7.45. The van der Waals surface area contributed by atoms with Crippen LogP contribution in [0.3, 0.4) is 0 Å². The smallest absolute Gasteiger partial charge is 0.246 e. The molecular weight excluding hydrogens is 506 g/mol. The third-order valence-corrected chi connectivity index (χ3v) is 7.45. The Hall–Kier alpha value is -3.72. The fraction of sp³-hybridized carbons (Fsp3) is 0.484. The molecule has 4 rings (SSSR count). The number of aromatic nitrogens is 1. The molecular formula is C31H41N5O4. The summed E-state index contributed by atoms with van der Waals surface area (Å²) < 4.78 is 6.03. The van der Waals surface area contributed by atoms with Crippen LogP contribution in [0.2, 0.25) is 0 Å². The zero-order valence-electron chi connectivity index (χ0n) is 23.4. The molecule has 1 aliphatic heterocycles. The largest absolute Gasteiger partial charge is 0.492 e. The number of ether oxygens (including phenoxy) is 1. The number of rotatable bonds is 4. The second-order valence-electron chi connectivity index (χ2n) is 11.0. The average Bonchev–Trinajstić information content (AvgIpc) is 3.42. The maximum atomic E-state index is 13.8. The number of amides is 3. The van der Waals surface area contributed by atoms with Crippen molar-refractivity contribution in [1.82, 2.24) is 26.3 Å². The number of carbonyl (C=O) groups excluding carboxylic acids is 3. The molecule has 1 saturated carbocycles. The van der Waals surface area contributed by atoms with Gasteiger partial charge in [-0.3, -0.25) is 19.4 Å². The molecule has 2 heterocycles. The Morgan fingerprint density at radius 1 is 1.00 bits per heavy atom. The number of hydrogen-bond acceptors (Lipinski definition) is 6. The lowest BCUT2D eigenvalue weighted by atomic mass is 9.93. The van der Waals surface area contributed by atoms with Gasteiger partial charge in [0, 0.05) is 37.5 Å². The number of benzene rings is 1. The van der Waals surface area contributed by atoms with Crippen molar-refractivity contribution in [2.24, 2.45) is 5.92 Å². The van der Waals surface area contributed by atoms with Crippen LogP contribution < -0.4 is 26.0 Å². The van der Waals surface area contributed by atoms with Gasteiger partial charge in [-0.2, -0.15) is 0 Å². The zero-order chi connectivity index (χ0) is 28.4. The fourth-order valence-corrected chi connectivity index (χ4v) is 5.34. The zero-order valence-corrected chi connectivity index (χ0v) is 23.4. The standard InChI is InChI=1S/C31H41N5O4/c1-22(2)20-25-29(38)36-31(13-5-6-14-31)30(39)35-26(21-23-11-16-32-17-12-23)28(37)34-15-7-9-24-8-3-4-10-27(24)40-19-18-33-25/h3-4,7-12,16-17,22,25-26,33H,5-6,13-15,18-21H2,1-2H3,(H,34,37)(H,35,39)(H,36,38)/b9-7-. The first kappa shape index (κ1) is 29.3. The molecule has 9 heteroatoms. The molecule has 1 fully saturated rings. The van der Waals surface area contributed by atoms with Crippen molar-refractivity contribution < 1.29 is 19.1 Å². The lowest BCUT2D eigenvalue weighted by Crippen LogP contribution is -2.63. The monoisotopic (exact) mass is 547 g/mol. The number of fused-ring (bicyclic) bond motifs is 1. The van der Waals surface area contributed by atoms with Gasteiger partial charge >= 0.3 is 0 Å². The van der Waals surface area contributed by atoms with Gasteiger partial charge in [-0.05, 0) is 48.9 Å². The van der Waals surface area contributed by atoms with Crippen molar-refractivity contribution in [2.45, 2.75) is 70.0 Å². The van der Waals surface area contributed by atoms with Crippen LogP contribution in [-0.4, -0.2) is 60.0 Å². The van der Waals surface area contributed by atoms with Crippen molar-refractivity contribution in [3.63, 3.8) is 0 Å². The molecule has 1 aromatic carbocycles. The quantitative estimate of drug-likeness (QED) is 0.467. The Labute approximate surface area is 236 Å². The van der Waals surface area contributed by atoms with Crippen LogP contribution in [0.4, 0.5) is 0 Å². The number of para-hydroxylation sites is 1. The Kier molecular flexibility index (Phi) is 10.3. The van der Waals surface area contributed by atoms with Crippen molar-refractivity contribution in [2.75, 3.05) is 19.7 Å². The number of pyridine rings is 1. The number of hydrogen-bond donors (Lipinski definition) is 4. The molecule has 0 saturated heterocycles. The summed E-state index contributed by atoms with van der Waals surface area (Å²) in [7, 11) is 0. The van der Waals surface area contributed by atoms with Gasteiger partial charge in [0.05, 0.1) is 6.04 Å². The highest BCUT2D eigenvalue weighted by Gasteiger charge is 2.44. The van der Waals surface area contributed by atoms with Crippen LogP contribution in [0.5, 0.6) is 5.75 Å². The van der Waals surface area contributed by atoms with E-state index in [1.165, 1.54) is 0 Å². The van der Waals surface area contributed by atoms with Gasteiger partial charge in [0.25, 0.3) is 0 Å². The van der Waals surface area contributed by atoms with Gasteiger partial charge in [-0.15, -0.1) is 0 Å². The first-order valence-electron chi connectivity index (χ1n) is 14.3. The molecule has 4 N–H and O–H groups in total. The topological polar surface area (TPSA) is 121 Å². The summed E-state index contributed by atoms with van der Waals surface area (Å²) in [5, 5.41) is 12.4. The molecule has 9 nitrogen and oxygen atoms in total. The van der Waals surface area contributed by atoms with Crippen LogP contribution in [0, 0.1) is 5.92 Å². The number of nitrogens with one attached hydrogen (secondary N) is 4. The minimum Gasteiger partial charge on any atom is -0.492 e. The molecule has 40 heavy (non-hydrogen) atoms. The van der Waals surface area contributed by atoms with Crippen molar-refractivity contribution in [3.05, 3.63) is 66.0 Å². The summed E-state index contributed by atoms with van der Waals surface area (Å²) in [6.07, 6.45) is 10.8. The predicted molar refractivity (Wildman–Crippen MR) is 154 cm³/mol. The Bertz CT molecular complexity index is 1180. The lowest BCUT2D eigenvalue weighted by molar-refractivity contribution is -0.136. The highest BCUT2D eigenvalue weighted by Crippen LogP contribution is 2.30. The molecule has 2 aliphatic rings. The molecule has 0 bridgehead atoms. The van der Waals surface area contributed by atoms with Crippen LogP contribution >= 0.6 is 0 Å². The summed E-state index contributed by atoms with van der Waals surface area (Å²) in [6, 6.07) is 10.1. The third kappa shape index (κ3) is 7.91. The SMILES string of the molecule is CC(C)CC1NCCOc2ccccc2/C=C\CNC(=O)C(Cc2ccncc2)NC(=O)C2(CCCC2)NC1=O. The summed E-state index contributed by atoms with van der Waals surface area (Å²) >= 11 is 0. The van der Waals surface area contributed by atoms with Gasteiger partial charge in [0.2, 0.25) is 17.7 Å². The van der Waals surface area contributed by atoms with E-state index in [0.29, 0.717) is 38.8 Å². The Balaban J connectivity index is 1.62.